The van der Waals surface area contributed by atoms with Gasteiger partial charge < -0.3 is 10.9 Å². The second kappa shape index (κ2) is 5.82. The van der Waals surface area contributed by atoms with Crippen molar-refractivity contribution in [3.63, 3.8) is 0 Å². The molecule has 2 rings (SSSR count). The van der Waals surface area contributed by atoms with Crippen LogP contribution in [0.25, 0.3) is 0 Å². The van der Waals surface area contributed by atoms with Gasteiger partial charge in [0.2, 0.25) is 0 Å². The van der Waals surface area contributed by atoms with Crippen molar-refractivity contribution in [2.75, 3.05) is 6.54 Å². The number of nitrogens with zero attached hydrogens (tertiary/aromatic N) is 3. The quantitative estimate of drug-likeness (QED) is 0.347. The van der Waals surface area contributed by atoms with Gasteiger partial charge in [-0.05, 0) is 43.5 Å². The highest BCUT2D eigenvalue weighted by atomic mass is 16.4. The average molecular weight is 248 g/mol. The molecule has 3 N–H and O–H groups in total. The maximum Gasteiger partial charge on any atom is 0.188 e. The fourth-order valence-corrected chi connectivity index (χ4v) is 2.12. The van der Waals surface area contributed by atoms with Crippen LogP contribution in [0.1, 0.15) is 37.4 Å². The van der Waals surface area contributed by atoms with Gasteiger partial charge in [0.05, 0.1) is 0 Å². The lowest BCUT2D eigenvalue weighted by Crippen LogP contribution is -2.26. The second-order valence-corrected chi connectivity index (χ2v) is 4.74. The summed E-state index contributed by atoms with van der Waals surface area (Å²) in [6.45, 7) is 4.22. The Hall–Kier alpha value is -1.62. The van der Waals surface area contributed by atoms with Crippen molar-refractivity contribution < 1.29 is 5.21 Å². The van der Waals surface area contributed by atoms with Gasteiger partial charge in [0.1, 0.15) is 5.69 Å². The molecule has 1 fully saturated rings. The van der Waals surface area contributed by atoms with Gasteiger partial charge in [0.15, 0.2) is 5.84 Å². The largest absolute Gasteiger partial charge is 0.409 e. The van der Waals surface area contributed by atoms with E-state index in [-0.39, 0.29) is 5.84 Å². The molecular weight excluding hydrogens is 228 g/mol. The van der Waals surface area contributed by atoms with E-state index in [0.29, 0.717) is 5.69 Å². The van der Waals surface area contributed by atoms with E-state index in [2.05, 4.69) is 22.0 Å². The van der Waals surface area contributed by atoms with Crippen molar-refractivity contribution in [1.29, 1.82) is 0 Å². The molecule has 1 saturated carbocycles. The Morgan fingerprint density at radius 1 is 1.61 bits per heavy atom. The van der Waals surface area contributed by atoms with Crippen LogP contribution in [0.2, 0.25) is 0 Å². The smallest absolute Gasteiger partial charge is 0.188 e. The predicted octanol–water partition coefficient (Wildman–Crippen LogP) is 1.55. The summed E-state index contributed by atoms with van der Waals surface area (Å²) < 4.78 is 0. The van der Waals surface area contributed by atoms with Crippen molar-refractivity contribution in [1.82, 2.24) is 9.88 Å². The molecule has 0 unspecified atom stereocenters. The van der Waals surface area contributed by atoms with Crippen LogP contribution in [0, 0.1) is 0 Å². The Balaban J connectivity index is 2.08. The van der Waals surface area contributed by atoms with E-state index in [1.54, 1.807) is 6.20 Å². The lowest BCUT2D eigenvalue weighted by Gasteiger charge is -2.21. The molecule has 0 amide bonds. The van der Waals surface area contributed by atoms with Crippen LogP contribution < -0.4 is 5.73 Å². The highest BCUT2D eigenvalue weighted by Crippen LogP contribution is 2.28. The lowest BCUT2D eigenvalue weighted by molar-refractivity contribution is 0.255. The SMILES string of the molecule is CCCN(Cc1ccnc(C(N)=NO)c1)C1CC1. The van der Waals surface area contributed by atoms with Crippen LogP contribution in [0.3, 0.4) is 0 Å². The van der Waals surface area contributed by atoms with Crippen LogP contribution >= 0.6 is 0 Å². The molecule has 0 aliphatic heterocycles. The first-order valence-electron chi connectivity index (χ1n) is 6.41. The molecule has 5 heteroatoms. The average Bonchev–Trinajstić information content (AvgIpc) is 3.22. The van der Waals surface area contributed by atoms with Gasteiger partial charge >= 0.3 is 0 Å². The predicted molar refractivity (Wildman–Crippen MR) is 70.5 cm³/mol. The molecule has 98 valence electrons. The Labute approximate surface area is 107 Å². The summed E-state index contributed by atoms with van der Waals surface area (Å²) in [5, 5.41) is 11.6. The maximum atomic E-state index is 8.66. The van der Waals surface area contributed by atoms with Crippen molar-refractivity contribution in [3.8, 4) is 0 Å². The number of hydrogen-bond acceptors (Lipinski definition) is 4. The molecule has 1 heterocycles. The van der Waals surface area contributed by atoms with E-state index in [1.807, 2.05) is 12.1 Å². The summed E-state index contributed by atoms with van der Waals surface area (Å²) in [6.07, 6.45) is 5.48. The Morgan fingerprint density at radius 3 is 3.00 bits per heavy atom. The summed E-state index contributed by atoms with van der Waals surface area (Å²) in [5.74, 6) is 0.0605. The fraction of sp³-hybridized carbons (Fsp3) is 0.538. The topological polar surface area (TPSA) is 74.7 Å². The number of rotatable bonds is 6. The van der Waals surface area contributed by atoms with E-state index in [0.717, 1.165) is 31.1 Å². The molecule has 0 radical (unpaired) electrons. The normalized spacial score (nSPS) is 16.2. The standard InChI is InChI=1S/C13H20N4O/c1-2-7-17(11-3-4-11)9-10-5-6-15-12(8-10)13(14)16-18/h5-6,8,11,18H,2-4,7,9H2,1H3,(H2,14,16). The van der Waals surface area contributed by atoms with Gasteiger partial charge in [0, 0.05) is 18.8 Å². The molecule has 0 saturated heterocycles. The monoisotopic (exact) mass is 248 g/mol. The minimum atomic E-state index is 0.0605. The molecule has 1 aromatic rings. The molecule has 0 bridgehead atoms. The minimum Gasteiger partial charge on any atom is -0.409 e. The van der Waals surface area contributed by atoms with Gasteiger partial charge in [-0.3, -0.25) is 9.88 Å². The molecule has 1 aliphatic carbocycles. The summed E-state index contributed by atoms with van der Waals surface area (Å²) in [4.78, 5) is 6.58. The van der Waals surface area contributed by atoms with Crippen molar-refractivity contribution in [3.05, 3.63) is 29.6 Å². The first kappa shape index (κ1) is 12.8. The molecule has 1 aromatic heterocycles. The molecule has 0 spiro atoms. The second-order valence-electron chi connectivity index (χ2n) is 4.74. The van der Waals surface area contributed by atoms with E-state index in [4.69, 9.17) is 10.9 Å². The molecule has 5 nitrogen and oxygen atoms in total. The van der Waals surface area contributed by atoms with E-state index < -0.39 is 0 Å². The summed E-state index contributed by atoms with van der Waals surface area (Å²) in [6, 6.07) is 4.62. The van der Waals surface area contributed by atoms with Gasteiger partial charge in [-0.1, -0.05) is 12.1 Å². The van der Waals surface area contributed by atoms with Crippen LogP contribution in [0.15, 0.2) is 23.5 Å². The molecule has 0 aromatic carbocycles. The number of oxime groups is 1. The van der Waals surface area contributed by atoms with Crippen molar-refractivity contribution in [2.45, 2.75) is 38.8 Å². The number of amidine groups is 1. The van der Waals surface area contributed by atoms with E-state index >= 15 is 0 Å². The van der Waals surface area contributed by atoms with Crippen LogP contribution in [0.5, 0.6) is 0 Å². The molecular formula is C13H20N4O. The van der Waals surface area contributed by atoms with Gasteiger partial charge in [-0.15, -0.1) is 0 Å². The zero-order chi connectivity index (χ0) is 13.0. The third-order valence-corrected chi connectivity index (χ3v) is 3.15. The molecule has 18 heavy (non-hydrogen) atoms. The Bertz CT molecular complexity index is 429. The van der Waals surface area contributed by atoms with Crippen LogP contribution in [0.4, 0.5) is 0 Å². The first-order chi connectivity index (χ1) is 8.74. The highest BCUT2D eigenvalue weighted by Gasteiger charge is 2.28. The zero-order valence-electron chi connectivity index (χ0n) is 10.7. The summed E-state index contributed by atoms with van der Waals surface area (Å²) in [7, 11) is 0. The minimum absolute atomic E-state index is 0.0605. The van der Waals surface area contributed by atoms with Gasteiger partial charge in [-0.25, -0.2) is 0 Å². The number of pyridine rings is 1. The van der Waals surface area contributed by atoms with Crippen molar-refractivity contribution in [2.24, 2.45) is 10.9 Å². The number of hydrogen-bond donors (Lipinski definition) is 2. The zero-order valence-corrected chi connectivity index (χ0v) is 10.7. The highest BCUT2D eigenvalue weighted by molar-refractivity contribution is 5.95. The van der Waals surface area contributed by atoms with Gasteiger partial charge in [0.25, 0.3) is 0 Å². The third-order valence-electron chi connectivity index (χ3n) is 3.15. The van der Waals surface area contributed by atoms with E-state index in [9.17, 15) is 0 Å². The van der Waals surface area contributed by atoms with Crippen LogP contribution in [-0.2, 0) is 6.54 Å². The van der Waals surface area contributed by atoms with Crippen molar-refractivity contribution >= 4 is 5.84 Å². The Kier molecular flexibility index (Phi) is 4.15. The maximum absolute atomic E-state index is 8.66. The van der Waals surface area contributed by atoms with Crippen LogP contribution in [-0.4, -0.2) is 33.5 Å². The Morgan fingerprint density at radius 2 is 2.39 bits per heavy atom. The number of aromatic nitrogens is 1. The lowest BCUT2D eigenvalue weighted by atomic mass is 10.2. The van der Waals surface area contributed by atoms with E-state index in [1.165, 1.54) is 12.8 Å². The number of nitrogens with two attached hydrogens (primary N) is 1. The first-order valence-corrected chi connectivity index (χ1v) is 6.41. The fourth-order valence-electron chi connectivity index (χ4n) is 2.12. The molecule has 1 aliphatic rings. The van der Waals surface area contributed by atoms with Gasteiger partial charge in [-0.2, -0.15) is 0 Å². The summed E-state index contributed by atoms with van der Waals surface area (Å²) >= 11 is 0. The third kappa shape index (κ3) is 3.20. The summed E-state index contributed by atoms with van der Waals surface area (Å²) in [5.41, 5.74) is 7.24. The molecule has 0 atom stereocenters.